The van der Waals surface area contributed by atoms with Gasteiger partial charge in [0.05, 0.1) is 13.2 Å². The summed E-state index contributed by atoms with van der Waals surface area (Å²) >= 11 is 0. The van der Waals surface area contributed by atoms with Crippen molar-refractivity contribution in [3.8, 4) is 11.5 Å². The van der Waals surface area contributed by atoms with Gasteiger partial charge in [-0.1, -0.05) is 74.4 Å². The van der Waals surface area contributed by atoms with Gasteiger partial charge in [0.15, 0.2) is 0 Å². The molecule has 5 rings (SSSR count). The Labute approximate surface area is 217 Å². The summed E-state index contributed by atoms with van der Waals surface area (Å²) in [5.41, 5.74) is 9.08. The second kappa shape index (κ2) is 17.5. The Morgan fingerprint density at radius 3 is 1.29 bits per heavy atom. The summed E-state index contributed by atoms with van der Waals surface area (Å²) in [7, 11) is 0. The van der Waals surface area contributed by atoms with Crippen molar-refractivity contribution < 1.29 is 9.47 Å². The third-order valence-corrected chi connectivity index (χ3v) is 6.62. The summed E-state index contributed by atoms with van der Waals surface area (Å²) in [5, 5.41) is 0. The molecule has 0 amide bonds. The average molecular weight is 483 g/mol. The van der Waals surface area contributed by atoms with E-state index < -0.39 is 0 Å². The maximum Gasteiger partial charge on any atom is 0.123 e. The highest BCUT2D eigenvalue weighted by Crippen LogP contribution is 2.39. The van der Waals surface area contributed by atoms with Gasteiger partial charge in [0.2, 0.25) is 0 Å². The Bertz CT molecular complexity index is 783. The van der Waals surface area contributed by atoms with E-state index in [1.807, 2.05) is 55.4 Å². The van der Waals surface area contributed by atoms with Gasteiger partial charge in [0.25, 0.3) is 0 Å². The third kappa shape index (κ3) is 8.02. The topological polar surface area (TPSA) is 18.5 Å². The largest absolute Gasteiger partial charge is 0.493 e. The second-order valence-corrected chi connectivity index (χ2v) is 8.68. The summed E-state index contributed by atoms with van der Waals surface area (Å²) in [6.07, 6.45) is 11.0. The molecule has 2 heteroatoms. The molecule has 2 aromatic rings. The molecule has 1 heterocycles. The number of aryl methyl sites for hydroxylation is 2. The van der Waals surface area contributed by atoms with Crippen molar-refractivity contribution in [1.29, 1.82) is 0 Å². The molecular formula is C33H54O2. The minimum atomic E-state index is 0.385. The van der Waals surface area contributed by atoms with Crippen molar-refractivity contribution in [2.45, 2.75) is 120 Å². The second-order valence-electron chi connectivity index (χ2n) is 8.68. The SMILES string of the molecule is CC.CC.CC.CC.CC1COc2ccc3c(c2Cc2c(ccc4c2CCCC4)OC1)CCCC3. The van der Waals surface area contributed by atoms with Gasteiger partial charge in [-0.2, -0.15) is 0 Å². The van der Waals surface area contributed by atoms with E-state index in [1.54, 1.807) is 22.3 Å². The Morgan fingerprint density at radius 2 is 0.886 bits per heavy atom. The van der Waals surface area contributed by atoms with Crippen molar-refractivity contribution in [2.24, 2.45) is 5.92 Å². The van der Waals surface area contributed by atoms with Gasteiger partial charge in [-0.25, -0.2) is 0 Å². The van der Waals surface area contributed by atoms with Crippen LogP contribution >= 0.6 is 0 Å². The summed E-state index contributed by atoms with van der Waals surface area (Å²) in [6.45, 7) is 19.7. The minimum Gasteiger partial charge on any atom is -0.493 e. The molecule has 0 atom stereocenters. The number of benzene rings is 2. The van der Waals surface area contributed by atoms with Crippen molar-refractivity contribution in [2.75, 3.05) is 13.2 Å². The van der Waals surface area contributed by atoms with Crippen LogP contribution in [0.1, 0.15) is 121 Å². The number of hydrogen-bond acceptors (Lipinski definition) is 2. The highest BCUT2D eigenvalue weighted by molar-refractivity contribution is 5.54. The van der Waals surface area contributed by atoms with Gasteiger partial charge in [0.1, 0.15) is 11.5 Å². The zero-order valence-electron chi connectivity index (χ0n) is 24.5. The summed E-state index contributed by atoms with van der Waals surface area (Å²) in [4.78, 5) is 0. The third-order valence-electron chi connectivity index (χ3n) is 6.62. The summed E-state index contributed by atoms with van der Waals surface area (Å²) < 4.78 is 12.6. The van der Waals surface area contributed by atoms with Crippen LogP contribution in [-0.2, 0) is 32.1 Å². The lowest BCUT2D eigenvalue weighted by Crippen LogP contribution is -2.21. The highest BCUT2D eigenvalue weighted by atomic mass is 16.5. The van der Waals surface area contributed by atoms with E-state index in [9.17, 15) is 0 Å². The molecule has 0 fully saturated rings. The Hall–Kier alpha value is -1.96. The molecular weight excluding hydrogens is 428 g/mol. The van der Waals surface area contributed by atoms with Crippen molar-refractivity contribution in [3.63, 3.8) is 0 Å². The predicted octanol–water partition coefficient (Wildman–Crippen LogP) is 9.55. The van der Waals surface area contributed by atoms with Crippen molar-refractivity contribution >= 4 is 0 Å². The number of fused-ring (bicyclic) bond motifs is 6. The average Bonchev–Trinajstić information content (AvgIpc) is 2.96. The van der Waals surface area contributed by atoms with Gasteiger partial charge < -0.3 is 9.47 Å². The van der Waals surface area contributed by atoms with Gasteiger partial charge in [0, 0.05) is 23.5 Å². The monoisotopic (exact) mass is 482 g/mol. The lowest BCUT2D eigenvalue weighted by molar-refractivity contribution is 0.184. The molecule has 0 saturated carbocycles. The first-order chi connectivity index (χ1) is 17.3. The molecule has 0 N–H and O–H groups in total. The normalized spacial score (nSPS) is 15.8. The first-order valence-electron chi connectivity index (χ1n) is 14.8. The number of rotatable bonds is 0. The highest BCUT2D eigenvalue weighted by Gasteiger charge is 2.24. The molecule has 2 aliphatic carbocycles. The Morgan fingerprint density at radius 1 is 0.514 bits per heavy atom. The Kier molecular flexibility index (Phi) is 15.5. The van der Waals surface area contributed by atoms with Crippen LogP contribution in [0.15, 0.2) is 24.3 Å². The molecule has 0 unspecified atom stereocenters. The van der Waals surface area contributed by atoms with Gasteiger partial charge in [-0.15, -0.1) is 0 Å². The van der Waals surface area contributed by atoms with Crippen LogP contribution in [0.4, 0.5) is 0 Å². The van der Waals surface area contributed by atoms with Crippen molar-refractivity contribution in [3.05, 3.63) is 57.6 Å². The Balaban J connectivity index is 0.000000699. The first kappa shape index (κ1) is 31.1. The van der Waals surface area contributed by atoms with Crippen LogP contribution in [0.25, 0.3) is 0 Å². The van der Waals surface area contributed by atoms with Gasteiger partial charge in [-0.3, -0.25) is 0 Å². The molecule has 3 aliphatic rings. The standard InChI is InChI=1S/C25H30O2.4C2H6/c1-17-15-26-24-12-10-18-6-2-4-8-20(18)22(24)14-23-21-9-5-3-7-19(21)11-13-25(23)27-16-17;4*1-2/h10-13,17H,2-9,14-16H2,1H3;4*1-2H3. The number of ether oxygens (including phenoxy) is 2. The molecule has 2 nitrogen and oxygen atoms in total. The molecule has 0 aromatic heterocycles. The summed E-state index contributed by atoms with van der Waals surface area (Å²) in [5.74, 6) is 2.61. The van der Waals surface area contributed by atoms with Crippen LogP contribution < -0.4 is 9.47 Å². The lowest BCUT2D eigenvalue weighted by Gasteiger charge is -2.28. The van der Waals surface area contributed by atoms with E-state index in [0.717, 1.165) is 31.1 Å². The number of hydrogen-bond donors (Lipinski definition) is 0. The quantitative estimate of drug-likeness (QED) is 0.372. The van der Waals surface area contributed by atoms with E-state index in [4.69, 9.17) is 9.47 Å². The van der Waals surface area contributed by atoms with Crippen LogP contribution in [-0.4, -0.2) is 13.2 Å². The van der Waals surface area contributed by atoms with Crippen LogP contribution in [0.5, 0.6) is 11.5 Å². The zero-order chi connectivity index (χ0) is 26.2. The molecule has 35 heavy (non-hydrogen) atoms. The molecule has 0 spiro atoms. The minimum absolute atomic E-state index is 0.385. The van der Waals surface area contributed by atoms with Crippen LogP contribution in [0.2, 0.25) is 0 Å². The fraction of sp³-hybridized carbons (Fsp3) is 0.636. The maximum absolute atomic E-state index is 6.32. The molecule has 2 aromatic carbocycles. The molecule has 0 bridgehead atoms. The van der Waals surface area contributed by atoms with E-state index in [2.05, 4.69) is 31.2 Å². The fourth-order valence-electron chi connectivity index (χ4n) is 5.11. The molecule has 198 valence electrons. The molecule has 0 saturated heterocycles. The van der Waals surface area contributed by atoms with E-state index in [1.165, 1.54) is 62.5 Å². The van der Waals surface area contributed by atoms with E-state index in [0.29, 0.717) is 5.92 Å². The fourth-order valence-corrected chi connectivity index (χ4v) is 5.11. The smallest absolute Gasteiger partial charge is 0.123 e. The van der Waals surface area contributed by atoms with Gasteiger partial charge >= 0.3 is 0 Å². The maximum atomic E-state index is 6.32. The molecule has 1 aliphatic heterocycles. The van der Waals surface area contributed by atoms with E-state index >= 15 is 0 Å². The van der Waals surface area contributed by atoms with Crippen LogP contribution in [0, 0.1) is 5.92 Å². The lowest BCUT2D eigenvalue weighted by atomic mass is 9.82. The van der Waals surface area contributed by atoms with Crippen LogP contribution in [0.3, 0.4) is 0 Å². The summed E-state index contributed by atoms with van der Waals surface area (Å²) in [6, 6.07) is 9.12. The zero-order valence-corrected chi connectivity index (χ0v) is 24.5. The van der Waals surface area contributed by atoms with Gasteiger partial charge in [-0.05, 0) is 85.8 Å². The van der Waals surface area contributed by atoms with Crippen molar-refractivity contribution in [1.82, 2.24) is 0 Å². The van der Waals surface area contributed by atoms with E-state index in [-0.39, 0.29) is 0 Å². The molecule has 0 radical (unpaired) electrons. The first-order valence-corrected chi connectivity index (χ1v) is 14.8. The predicted molar refractivity (Wildman–Crippen MR) is 155 cm³/mol.